The fourth-order valence-electron chi connectivity index (χ4n) is 0.209. The lowest BCUT2D eigenvalue weighted by molar-refractivity contribution is 2.03. The normalized spacial score (nSPS) is 8.33. The molecule has 6 heavy (non-hydrogen) atoms. The van der Waals surface area contributed by atoms with Crippen molar-refractivity contribution in [3.63, 3.8) is 0 Å². The summed E-state index contributed by atoms with van der Waals surface area (Å²) in [7, 11) is 1.27. The fourth-order valence-corrected chi connectivity index (χ4v) is 1.01. The maximum atomic E-state index is 4.02. The monoisotopic (exact) mass is 120 g/mol. The van der Waals surface area contributed by atoms with Gasteiger partial charge in [-0.25, -0.2) is 0 Å². The molecule has 0 saturated heterocycles. The number of thioether (sulfide) groups is 1. The summed E-state index contributed by atoms with van der Waals surface area (Å²) in [5.74, 6) is 0. The maximum Gasteiger partial charge on any atom is 0.129 e. The third kappa shape index (κ3) is 4.76. The molecule has 0 bridgehead atoms. The molecule has 0 heterocycles. The molecule has 0 aromatic carbocycles. The molecule has 0 aliphatic carbocycles. The minimum atomic E-state index is 0.966. The Morgan fingerprint density at radius 3 is 2.67 bits per heavy atom. The third-order valence-electron chi connectivity index (χ3n) is 0.440. The van der Waals surface area contributed by atoms with Crippen LogP contribution in [0.5, 0.6) is 0 Å². The highest BCUT2D eigenvalue weighted by atomic mass is 32.2. The van der Waals surface area contributed by atoms with Crippen molar-refractivity contribution >= 4 is 31.7 Å². The van der Waals surface area contributed by atoms with E-state index in [1.54, 1.807) is 0 Å². The highest BCUT2D eigenvalue weighted by molar-refractivity contribution is 8.10. The van der Waals surface area contributed by atoms with Crippen molar-refractivity contribution in [3.8, 4) is 0 Å². The summed E-state index contributed by atoms with van der Waals surface area (Å²) in [6, 6.07) is 0. The fraction of sp³-hybridized carbons (Fsp3) is 1.00. The van der Waals surface area contributed by atoms with Crippen LogP contribution in [0.1, 0.15) is 0 Å². The Morgan fingerprint density at radius 2 is 2.50 bits per heavy atom. The molecule has 0 aliphatic rings. The molecule has 3 heteroatoms. The average Bonchev–Trinajstić information content (AvgIpc) is 1.61. The van der Waals surface area contributed by atoms with E-state index in [0.717, 1.165) is 5.08 Å². The lowest BCUT2D eigenvalue weighted by Gasteiger charge is -1.84. The Kier molecular flexibility index (Phi) is 6.50. The minimum absolute atomic E-state index is 0.966. The summed E-state index contributed by atoms with van der Waals surface area (Å²) in [6.07, 6.45) is 0. The smallest absolute Gasteiger partial charge is 0.129 e. The number of thiol groups is 1. The number of hydrogen-bond acceptors (Lipinski definition) is 2. The minimum Gasteiger partial charge on any atom is -0.168 e. The van der Waals surface area contributed by atoms with Crippen molar-refractivity contribution in [2.45, 2.75) is 6.82 Å². The first-order valence-corrected chi connectivity index (χ1v) is 3.89. The van der Waals surface area contributed by atoms with E-state index in [0.29, 0.717) is 0 Å². The van der Waals surface area contributed by atoms with Gasteiger partial charge in [-0.2, -0.15) is 24.4 Å². The van der Waals surface area contributed by atoms with Crippen molar-refractivity contribution in [3.05, 3.63) is 0 Å². The summed E-state index contributed by atoms with van der Waals surface area (Å²) in [5.41, 5.74) is 1.25. The van der Waals surface area contributed by atoms with E-state index in [-0.39, 0.29) is 0 Å². The van der Waals surface area contributed by atoms with Gasteiger partial charge in [0.15, 0.2) is 0 Å². The highest BCUT2D eigenvalue weighted by Gasteiger charge is 1.77. The van der Waals surface area contributed by atoms with Gasteiger partial charge in [0.05, 0.1) is 0 Å². The summed E-state index contributed by atoms with van der Waals surface area (Å²) < 4.78 is 0. The van der Waals surface area contributed by atoms with Gasteiger partial charge < -0.3 is 0 Å². The Bertz CT molecular complexity index is 20.8. The molecule has 0 aliphatic heterocycles. The van der Waals surface area contributed by atoms with Crippen LogP contribution < -0.4 is 0 Å². The Labute approximate surface area is 49.7 Å². The van der Waals surface area contributed by atoms with E-state index >= 15 is 0 Å². The van der Waals surface area contributed by atoms with Gasteiger partial charge in [-0.15, -0.1) is 0 Å². The molecule has 0 aromatic heterocycles. The largest absolute Gasteiger partial charge is 0.168 e. The molecule has 0 spiro atoms. The molecule has 0 saturated carbocycles. The van der Waals surface area contributed by atoms with Gasteiger partial charge in [0.25, 0.3) is 0 Å². The first-order chi connectivity index (χ1) is 2.91. The van der Waals surface area contributed by atoms with Gasteiger partial charge >= 0.3 is 0 Å². The molecule has 0 N–H and O–H groups in total. The van der Waals surface area contributed by atoms with Gasteiger partial charge in [0.2, 0.25) is 0 Å². The number of rotatable bonds is 3. The molecule has 0 nitrogen and oxygen atoms in total. The van der Waals surface area contributed by atoms with Crippen LogP contribution in [-0.4, -0.2) is 18.0 Å². The molecule has 0 atom stereocenters. The zero-order chi connectivity index (χ0) is 4.83. The van der Waals surface area contributed by atoms with Gasteiger partial charge in [-0.3, -0.25) is 0 Å². The molecular weight excluding hydrogens is 111 g/mol. The summed E-state index contributed by atoms with van der Waals surface area (Å²) >= 11 is 5.89. The molecule has 0 aromatic rings. The average molecular weight is 120 g/mol. The molecule has 0 amide bonds. The van der Waals surface area contributed by atoms with Crippen LogP contribution >= 0.6 is 24.4 Å². The topological polar surface area (TPSA) is 0 Å². The van der Waals surface area contributed by atoms with Gasteiger partial charge in [-0.05, 0) is 5.65 Å². The van der Waals surface area contributed by atoms with Gasteiger partial charge in [-0.1, -0.05) is 6.82 Å². The van der Waals surface area contributed by atoms with Crippen LogP contribution in [0, 0.1) is 0 Å². The lowest BCUT2D eigenvalue weighted by Crippen LogP contribution is -1.84. The molecule has 0 rings (SSSR count). The highest BCUT2D eigenvalue weighted by Crippen LogP contribution is 1.97. The lowest BCUT2D eigenvalue weighted by atomic mass is 9.87. The van der Waals surface area contributed by atoms with E-state index in [1.165, 1.54) is 12.9 Å². The Balaban J connectivity index is 2.34. The standard InChI is InChI=1S/C3H9BS2/c1-4-2-6-3-5/h4-5H,2-3H2,1H3. The van der Waals surface area contributed by atoms with E-state index in [2.05, 4.69) is 19.5 Å². The van der Waals surface area contributed by atoms with Gasteiger partial charge in [0.1, 0.15) is 7.28 Å². The Hall–Kier alpha value is 0.765. The Morgan fingerprint density at radius 1 is 1.83 bits per heavy atom. The van der Waals surface area contributed by atoms with Crippen LogP contribution in [-0.2, 0) is 0 Å². The maximum absolute atomic E-state index is 4.02. The second-order valence-electron chi connectivity index (χ2n) is 1.04. The number of hydrogen-bond donors (Lipinski definition) is 1. The van der Waals surface area contributed by atoms with Crippen molar-refractivity contribution < 1.29 is 0 Å². The van der Waals surface area contributed by atoms with Crippen LogP contribution in [0.25, 0.3) is 0 Å². The summed E-state index contributed by atoms with van der Waals surface area (Å²) in [4.78, 5) is 0. The third-order valence-corrected chi connectivity index (χ3v) is 1.87. The van der Waals surface area contributed by atoms with Crippen LogP contribution in [0.3, 0.4) is 0 Å². The SMILES string of the molecule is CBCSCS. The van der Waals surface area contributed by atoms with Crippen LogP contribution in [0.2, 0.25) is 6.82 Å². The van der Waals surface area contributed by atoms with E-state index in [1.807, 2.05) is 11.8 Å². The van der Waals surface area contributed by atoms with Crippen LogP contribution in [0.15, 0.2) is 0 Å². The molecular formula is C3H9BS2. The molecule has 0 radical (unpaired) electrons. The predicted octanol–water partition coefficient (Wildman–Crippen LogP) is 1.05. The molecule has 0 unspecified atom stereocenters. The predicted molar refractivity (Wildman–Crippen MR) is 39.3 cm³/mol. The van der Waals surface area contributed by atoms with E-state index in [9.17, 15) is 0 Å². The zero-order valence-electron chi connectivity index (χ0n) is 3.98. The van der Waals surface area contributed by atoms with Crippen molar-refractivity contribution in [1.29, 1.82) is 0 Å². The quantitative estimate of drug-likeness (QED) is 0.251. The second-order valence-corrected chi connectivity index (χ2v) is 2.89. The molecule has 0 fully saturated rings. The van der Waals surface area contributed by atoms with Gasteiger partial charge in [0, 0.05) is 5.08 Å². The summed E-state index contributed by atoms with van der Waals surface area (Å²) in [6.45, 7) is 2.18. The second kappa shape index (κ2) is 5.76. The summed E-state index contributed by atoms with van der Waals surface area (Å²) in [5, 5.41) is 0.966. The first kappa shape index (κ1) is 6.76. The zero-order valence-corrected chi connectivity index (χ0v) is 5.69. The van der Waals surface area contributed by atoms with Crippen molar-refractivity contribution in [1.82, 2.24) is 0 Å². The molecule has 36 valence electrons. The van der Waals surface area contributed by atoms with E-state index in [4.69, 9.17) is 0 Å². The van der Waals surface area contributed by atoms with Crippen LogP contribution in [0.4, 0.5) is 0 Å². The van der Waals surface area contributed by atoms with E-state index < -0.39 is 0 Å². The first-order valence-electron chi connectivity index (χ1n) is 2.10. The van der Waals surface area contributed by atoms with Crippen molar-refractivity contribution in [2.24, 2.45) is 0 Å². The van der Waals surface area contributed by atoms with Crippen molar-refractivity contribution in [2.75, 3.05) is 10.7 Å².